The highest BCUT2D eigenvalue weighted by molar-refractivity contribution is 5.72. The molecule has 72 valence electrons. The summed E-state index contributed by atoms with van der Waals surface area (Å²) in [4.78, 5) is 11.1. The van der Waals surface area contributed by atoms with E-state index in [4.69, 9.17) is 4.74 Å². The average molecular weight is 182 g/mol. The van der Waals surface area contributed by atoms with E-state index in [1.54, 1.807) is 17.8 Å². The molecule has 1 aromatic heterocycles. The lowest BCUT2D eigenvalue weighted by molar-refractivity contribution is -0.142. The molecule has 0 saturated heterocycles. The summed E-state index contributed by atoms with van der Waals surface area (Å²) in [5.74, 6) is -0.196. The molecule has 4 nitrogen and oxygen atoms in total. The Morgan fingerprint density at radius 2 is 2.38 bits per heavy atom. The standard InChI is InChI=1S/C9H14N2O2/c1-4-13-9(12)5-8-6-10-11(3)7(8)2/h6H,4-5H2,1-3H3. The van der Waals surface area contributed by atoms with Crippen LogP contribution in [0.1, 0.15) is 18.2 Å². The van der Waals surface area contributed by atoms with Crippen LogP contribution in [0, 0.1) is 6.92 Å². The first-order valence-corrected chi connectivity index (χ1v) is 4.28. The summed E-state index contributed by atoms with van der Waals surface area (Å²) < 4.78 is 6.58. The van der Waals surface area contributed by atoms with Crippen LogP contribution in [0.4, 0.5) is 0 Å². The number of aromatic nitrogens is 2. The van der Waals surface area contributed by atoms with Crippen molar-refractivity contribution in [3.05, 3.63) is 17.5 Å². The minimum atomic E-state index is -0.196. The first-order valence-electron chi connectivity index (χ1n) is 4.28. The van der Waals surface area contributed by atoms with Gasteiger partial charge in [0.05, 0.1) is 19.2 Å². The van der Waals surface area contributed by atoms with Gasteiger partial charge in [-0.05, 0) is 13.8 Å². The second kappa shape index (κ2) is 4.07. The SMILES string of the molecule is CCOC(=O)Cc1cnn(C)c1C. The highest BCUT2D eigenvalue weighted by Gasteiger charge is 2.09. The number of hydrogen-bond acceptors (Lipinski definition) is 3. The van der Waals surface area contributed by atoms with Gasteiger partial charge in [0.25, 0.3) is 0 Å². The number of nitrogens with zero attached hydrogens (tertiary/aromatic N) is 2. The number of ether oxygens (including phenoxy) is 1. The lowest BCUT2D eigenvalue weighted by Crippen LogP contribution is -2.08. The smallest absolute Gasteiger partial charge is 0.310 e. The topological polar surface area (TPSA) is 44.1 Å². The van der Waals surface area contributed by atoms with E-state index in [1.807, 2.05) is 14.0 Å². The Morgan fingerprint density at radius 3 is 2.85 bits per heavy atom. The maximum absolute atomic E-state index is 11.1. The minimum Gasteiger partial charge on any atom is -0.466 e. The van der Waals surface area contributed by atoms with Gasteiger partial charge in [0.1, 0.15) is 0 Å². The van der Waals surface area contributed by atoms with Crippen molar-refractivity contribution in [1.82, 2.24) is 9.78 Å². The second-order valence-corrected chi connectivity index (χ2v) is 2.86. The van der Waals surface area contributed by atoms with Gasteiger partial charge in [0.2, 0.25) is 0 Å². The third kappa shape index (κ3) is 2.31. The van der Waals surface area contributed by atoms with E-state index in [2.05, 4.69) is 5.10 Å². The third-order valence-electron chi connectivity index (χ3n) is 1.98. The molecule has 13 heavy (non-hydrogen) atoms. The van der Waals surface area contributed by atoms with E-state index in [0.29, 0.717) is 13.0 Å². The fraction of sp³-hybridized carbons (Fsp3) is 0.556. The molecule has 0 amide bonds. The van der Waals surface area contributed by atoms with Crippen LogP contribution < -0.4 is 0 Å². The Morgan fingerprint density at radius 1 is 1.69 bits per heavy atom. The molecular formula is C9H14N2O2. The van der Waals surface area contributed by atoms with Gasteiger partial charge in [-0.25, -0.2) is 0 Å². The largest absolute Gasteiger partial charge is 0.466 e. The fourth-order valence-electron chi connectivity index (χ4n) is 1.09. The van der Waals surface area contributed by atoms with Crippen molar-refractivity contribution >= 4 is 5.97 Å². The number of esters is 1. The number of carbonyl (C=O) groups excluding carboxylic acids is 1. The fourth-order valence-corrected chi connectivity index (χ4v) is 1.09. The van der Waals surface area contributed by atoms with Gasteiger partial charge in [-0.15, -0.1) is 0 Å². The van der Waals surface area contributed by atoms with Gasteiger partial charge < -0.3 is 4.74 Å². The molecule has 0 atom stereocenters. The molecule has 1 aromatic rings. The van der Waals surface area contributed by atoms with Crippen molar-refractivity contribution in [2.75, 3.05) is 6.61 Å². The monoisotopic (exact) mass is 182 g/mol. The predicted octanol–water partition coefficient (Wildman–Crippen LogP) is 0.834. The predicted molar refractivity (Wildman–Crippen MR) is 48.3 cm³/mol. The quantitative estimate of drug-likeness (QED) is 0.650. The Balaban J connectivity index is 2.64. The number of rotatable bonds is 3. The van der Waals surface area contributed by atoms with Crippen molar-refractivity contribution in [3.63, 3.8) is 0 Å². The van der Waals surface area contributed by atoms with Crippen LogP contribution in [0.5, 0.6) is 0 Å². The van der Waals surface area contributed by atoms with Crippen LogP contribution in [-0.4, -0.2) is 22.4 Å². The Kier molecular flexibility index (Phi) is 3.06. The number of carbonyl (C=O) groups is 1. The van der Waals surface area contributed by atoms with E-state index < -0.39 is 0 Å². The Labute approximate surface area is 77.5 Å². The van der Waals surface area contributed by atoms with Gasteiger partial charge in [-0.3, -0.25) is 9.48 Å². The van der Waals surface area contributed by atoms with Crippen LogP contribution in [0.2, 0.25) is 0 Å². The summed E-state index contributed by atoms with van der Waals surface area (Å²) in [6.07, 6.45) is 2.01. The van der Waals surface area contributed by atoms with E-state index in [0.717, 1.165) is 11.3 Å². The van der Waals surface area contributed by atoms with Gasteiger partial charge in [-0.1, -0.05) is 0 Å². The van der Waals surface area contributed by atoms with Crippen LogP contribution in [0.3, 0.4) is 0 Å². The van der Waals surface area contributed by atoms with E-state index in [9.17, 15) is 4.79 Å². The summed E-state index contributed by atoms with van der Waals surface area (Å²) in [5, 5.41) is 4.04. The molecule has 4 heteroatoms. The van der Waals surface area contributed by atoms with Gasteiger partial charge in [-0.2, -0.15) is 5.10 Å². The van der Waals surface area contributed by atoms with E-state index in [1.165, 1.54) is 0 Å². The molecule has 0 bridgehead atoms. The van der Waals surface area contributed by atoms with E-state index in [-0.39, 0.29) is 5.97 Å². The van der Waals surface area contributed by atoms with Crippen LogP contribution >= 0.6 is 0 Å². The highest BCUT2D eigenvalue weighted by Crippen LogP contribution is 2.06. The van der Waals surface area contributed by atoms with Gasteiger partial charge in [0.15, 0.2) is 0 Å². The number of aryl methyl sites for hydroxylation is 1. The third-order valence-corrected chi connectivity index (χ3v) is 1.98. The van der Waals surface area contributed by atoms with Crippen LogP contribution in [0.15, 0.2) is 6.20 Å². The molecule has 0 aromatic carbocycles. The van der Waals surface area contributed by atoms with Crippen molar-refractivity contribution < 1.29 is 9.53 Å². The number of hydrogen-bond donors (Lipinski definition) is 0. The highest BCUT2D eigenvalue weighted by atomic mass is 16.5. The van der Waals surface area contributed by atoms with Gasteiger partial charge >= 0.3 is 5.97 Å². The molecule has 1 rings (SSSR count). The zero-order valence-electron chi connectivity index (χ0n) is 8.20. The molecule has 0 aliphatic heterocycles. The summed E-state index contributed by atoms with van der Waals surface area (Å²) in [6, 6.07) is 0. The first kappa shape index (κ1) is 9.77. The summed E-state index contributed by atoms with van der Waals surface area (Å²) in [7, 11) is 1.85. The average Bonchev–Trinajstić information content (AvgIpc) is 2.37. The minimum absolute atomic E-state index is 0.196. The normalized spacial score (nSPS) is 10.1. The Hall–Kier alpha value is -1.32. The molecule has 0 spiro atoms. The van der Waals surface area contributed by atoms with Crippen molar-refractivity contribution in [2.45, 2.75) is 20.3 Å². The molecule has 0 aliphatic rings. The summed E-state index contributed by atoms with van der Waals surface area (Å²) in [5.41, 5.74) is 1.94. The molecule has 0 radical (unpaired) electrons. The van der Waals surface area contributed by atoms with Crippen LogP contribution in [-0.2, 0) is 23.0 Å². The Bertz CT molecular complexity index is 305. The molecule has 0 N–H and O–H groups in total. The van der Waals surface area contributed by atoms with Crippen molar-refractivity contribution in [2.24, 2.45) is 7.05 Å². The second-order valence-electron chi connectivity index (χ2n) is 2.86. The first-order chi connectivity index (χ1) is 6.15. The van der Waals surface area contributed by atoms with Crippen molar-refractivity contribution in [1.29, 1.82) is 0 Å². The lowest BCUT2D eigenvalue weighted by Gasteiger charge is -2.00. The van der Waals surface area contributed by atoms with Gasteiger partial charge in [0, 0.05) is 18.3 Å². The van der Waals surface area contributed by atoms with Crippen LogP contribution in [0.25, 0.3) is 0 Å². The maximum atomic E-state index is 11.1. The molecule has 0 saturated carbocycles. The maximum Gasteiger partial charge on any atom is 0.310 e. The lowest BCUT2D eigenvalue weighted by atomic mass is 10.2. The van der Waals surface area contributed by atoms with E-state index >= 15 is 0 Å². The zero-order valence-corrected chi connectivity index (χ0v) is 8.20. The molecule has 0 fully saturated rings. The van der Waals surface area contributed by atoms with Crippen molar-refractivity contribution in [3.8, 4) is 0 Å². The summed E-state index contributed by atoms with van der Waals surface area (Å²) >= 11 is 0. The molecule has 0 unspecified atom stereocenters. The zero-order chi connectivity index (χ0) is 9.84. The molecule has 1 heterocycles. The summed E-state index contributed by atoms with van der Waals surface area (Å²) in [6.45, 7) is 4.16. The molecular weight excluding hydrogens is 168 g/mol. The molecule has 0 aliphatic carbocycles.